The fourth-order valence-electron chi connectivity index (χ4n) is 1.55. The van der Waals surface area contributed by atoms with Gasteiger partial charge in [-0.2, -0.15) is 0 Å². The van der Waals surface area contributed by atoms with Gasteiger partial charge in [0.25, 0.3) is 0 Å². The lowest BCUT2D eigenvalue weighted by molar-refractivity contribution is -0.116. The van der Waals surface area contributed by atoms with Crippen LogP contribution in [-0.4, -0.2) is 19.1 Å². The molecule has 1 aromatic rings. The fourth-order valence-corrected chi connectivity index (χ4v) is 1.82. The van der Waals surface area contributed by atoms with Crippen LogP contribution < -0.4 is 9.64 Å². The van der Waals surface area contributed by atoms with E-state index in [2.05, 4.69) is 0 Å². The number of carbonyl (C=O) groups is 1. The number of nitrogens with zero attached hydrogens (tertiary/aromatic N) is 1. The van der Waals surface area contributed by atoms with Gasteiger partial charge >= 0.3 is 0 Å². The highest BCUT2D eigenvalue weighted by Gasteiger charge is 2.23. The smallest absolute Gasteiger partial charge is 0.224 e. The monoisotopic (exact) mass is 211 g/mol. The number of amides is 1. The largest absolute Gasteiger partial charge is 0.489 e. The number of ether oxygens (including phenoxy) is 1. The van der Waals surface area contributed by atoms with Gasteiger partial charge in [-0.3, -0.25) is 4.79 Å². The second kappa shape index (κ2) is 3.50. The maximum absolute atomic E-state index is 11.3. The Morgan fingerprint density at radius 3 is 3.07 bits per heavy atom. The van der Waals surface area contributed by atoms with Crippen molar-refractivity contribution < 1.29 is 9.53 Å². The lowest BCUT2D eigenvalue weighted by Gasteiger charge is -2.29. The summed E-state index contributed by atoms with van der Waals surface area (Å²) in [5, 5.41) is 0.553. The van der Waals surface area contributed by atoms with Crippen LogP contribution in [0.3, 0.4) is 0 Å². The number of para-hydroxylation sites is 1. The minimum atomic E-state index is -0.0114. The van der Waals surface area contributed by atoms with Gasteiger partial charge in [-0.05, 0) is 12.1 Å². The van der Waals surface area contributed by atoms with Gasteiger partial charge in [0.15, 0.2) is 0 Å². The van der Waals surface area contributed by atoms with Crippen LogP contribution in [-0.2, 0) is 4.79 Å². The predicted molar refractivity (Wildman–Crippen MR) is 55.0 cm³/mol. The molecule has 0 saturated carbocycles. The van der Waals surface area contributed by atoms with Gasteiger partial charge in [0.2, 0.25) is 5.91 Å². The molecule has 0 aromatic heterocycles. The van der Waals surface area contributed by atoms with E-state index in [0.29, 0.717) is 29.6 Å². The van der Waals surface area contributed by atoms with Gasteiger partial charge in [0, 0.05) is 6.92 Å². The number of fused-ring (bicyclic) bond motifs is 1. The Hall–Kier alpha value is -1.22. The van der Waals surface area contributed by atoms with Gasteiger partial charge in [-0.15, -0.1) is 0 Å². The first kappa shape index (κ1) is 9.34. The van der Waals surface area contributed by atoms with Crippen molar-refractivity contribution in [1.29, 1.82) is 0 Å². The number of halogens is 1. The summed E-state index contributed by atoms with van der Waals surface area (Å²) in [6, 6.07) is 5.38. The molecular formula is C10H10ClNO2. The molecule has 1 amide bonds. The molecule has 14 heavy (non-hydrogen) atoms. The highest BCUT2D eigenvalue weighted by molar-refractivity contribution is 6.34. The quantitative estimate of drug-likeness (QED) is 0.658. The van der Waals surface area contributed by atoms with E-state index in [1.165, 1.54) is 6.92 Å². The van der Waals surface area contributed by atoms with Crippen molar-refractivity contribution in [3.05, 3.63) is 23.2 Å². The van der Waals surface area contributed by atoms with Crippen LogP contribution in [0, 0.1) is 0 Å². The molecule has 1 heterocycles. The van der Waals surface area contributed by atoms with Crippen LogP contribution in [0.15, 0.2) is 18.2 Å². The molecule has 0 unspecified atom stereocenters. The van der Waals surface area contributed by atoms with Crippen LogP contribution >= 0.6 is 11.6 Å². The Morgan fingerprint density at radius 2 is 2.36 bits per heavy atom. The average Bonchev–Trinajstić information content (AvgIpc) is 2.17. The Bertz CT molecular complexity index is 378. The first-order chi connectivity index (χ1) is 6.70. The molecule has 0 aliphatic carbocycles. The second-order valence-electron chi connectivity index (χ2n) is 3.11. The number of hydrogen-bond donors (Lipinski definition) is 0. The zero-order valence-corrected chi connectivity index (χ0v) is 8.54. The summed E-state index contributed by atoms with van der Waals surface area (Å²) >= 11 is 6.01. The van der Waals surface area contributed by atoms with Crippen molar-refractivity contribution in [3.63, 3.8) is 0 Å². The molecule has 0 N–H and O–H groups in total. The Labute approximate surface area is 87.2 Å². The number of rotatable bonds is 0. The zero-order chi connectivity index (χ0) is 10.1. The molecule has 0 fully saturated rings. The van der Waals surface area contributed by atoms with Crippen molar-refractivity contribution in [1.82, 2.24) is 0 Å². The third-order valence-electron chi connectivity index (χ3n) is 2.17. The lowest BCUT2D eigenvalue weighted by atomic mass is 10.2. The third kappa shape index (κ3) is 1.44. The van der Waals surface area contributed by atoms with Crippen LogP contribution in [0.25, 0.3) is 0 Å². The number of hydrogen-bond acceptors (Lipinski definition) is 2. The summed E-state index contributed by atoms with van der Waals surface area (Å²) in [6.07, 6.45) is 0. The molecule has 0 radical (unpaired) electrons. The molecule has 0 atom stereocenters. The SMILES string of the molecule is CC(=O)N1CCOc2cccc(Cl)c21. The topological polar surface area (TPSA) is 29.5 Å². The maximum atomic E-state index is 11.3. The molecule has 1 aliphatic heterocycles. The Morgan fingerprint density at radius 1 is 1.57 bits per heavy atom. The van der Waals surface area contributed by atoms with E-state index in [-0.39, 0.29) is 5.91 Å². The van der Waals surface area contributed by atoms with Crippen molar-refractivity contribution in [2.75, 3.05) is 18.1 Å². The van der Waals surface area contributed by atoms with E-state index < -0.39 is 0 Å². The Balaban J connectivity index is 2.52. The van der Waals surface area contributed by atoms with Crippen LogP contribution in [0.2, 0.25) is 5.02 Å². The van der Waals surface area contributed by atoms with Gasteiger partial charge in [-0.25, -0.2) is 0 Å². The highest BCUT2D eigenvalue weighted by Crippen LogP contribution is 2.37. The summed E-state index contributed by atoms with van der Waals surface area (Å²) in [5.74, 6) is 0.668. The normalized spacial score (nSPS) is 14.6. The van der Waals surface area contributed by atoms with Crippen molar-refractivity contribution in [3.8, 4) is 5.75 Å². The standard InChI is InChI=1S/C10H10ClNO2/c1-7(13)12-5-6-14-9-4-2-3-8(11)10(9)12/h2-4H,5-6H2,1H3. The second-order valence-corrected chi connectivity index (χ2v) is 3.51. The number of anilines is 1. The first-order valence-corrected chi connectivity index (χ1v) is 4.77. The molecule has 3 nitrogen and oxygen atoms in total. The van der Waals surface area contributed by atoms with Gasteiger partial charge in [-0.1, -0.05) is 17.7 Å². The summed E-state index contributed by atoms with van der Waals surface area (Å²) in [5.41, 5.74) is 0.688. The van der Waals surface area contributed by atoms with E-state index >= 15 is 0 Å². The molecule has 74 valence electrons. The zero-order valence-electron chi connectivity index (χ0n) is 7.79. The molecule has 4 heteroatoms. The highest BCUT2D eigenvalue weighted by atomic mass is 35.5. The summed E-state index contributed by atoms with van der Waals surface area (Å²) < 4.78 is 5.41. The third-order valence-corrected chi connectivity index (χ3v) is 2.48. The van der Waals surface area contributed by atoms with E-state index in [9.17, 15) is 4.79 Å². The minimum Gasteiger partial charge on any atom is -0.489 e. The summed E-state index contributed by atoms with van der Waals surface area (Å²) in [7, 11) is 0. The molecule has 1 aliphatic rings. The van der Waals surface area contributed by atoms with E-state index in [1.54, 1.807) is 11.0 Å². The van der Waals surface area contributed by atoms with E-state index in [4.69, 9.17) is 16.3 Å². The molecular weight excluding hydrogens is 202 g/mol. The fraction of sp³-hybridized carbons (Fsp3) is 0.300. The molecule has 1 aromatic carbocycles. The van der Waals surface area contributed by atoms with Crippen molar-refractivity contribution in [2.24, 2.45) is 0 Å². The predicted octanol–water partition coefficient (Wildman–Crippen LogP) is 2.09. The molecule has 0 bridgehead atoms. The van der Waals surface area contributed by atoms with Crippen LogP contribution in [0.5, 0.6) is 5.75 Å². The van der Waals surface area contributed by atoms with E-state index in [0.717, 1.165) is 0 Å². The minimum absolute atomic E-state index is 0.0114. The lowest BCUT2D eigenvalue weighted by Crippen LogP contribution is -2.36. The molecule has 0 spiro atoms. The molecule has 0 saturated heterocycles. The first-order valence-electron chi connectivity index (χ1n) is 4.39. The van der Waals surface area contributed by atoms with E-state index in [1.807, 2.05) is 12.1 Å². The summed E-state index contributed by atoms with van der Waals surface area (Å²) in [4.78, 5) is 13.0. The van der Waals surface area contributed by atoms with Gasteiger partial charge < -0.3 is 9.64 Å². The molecule has 2 rings (SSSR count). The van der Waals surface area contributed by atoms with Gasteiger partial charge in [0.1, 0.15) is 18.0 Å². The average molecular weight is 212 g/mol. The van der Waals surface area contributed by atoms with Crippen LogP contribution in [0.1, 0.15) is 6.92 Å². The number of carbonyl (C=O) groups excluding carboxylic acids is 1. The van der Waals surface area contributed by atoms with Crippen LogP contribution in [0.4, 0.5) is 5.69 Å². The maximum Gasteiger partial charge on any atom is 0.224 e. The Kier molecular flexibility index (Phi) is 2.33. The van der Waals surface area contributed by atoms with Crippen molar-refractivity contribution >= 4 is 23.2 Å². The van der Waals surface area contributed by atoms with Gasteiger partial charge in [0.05, 0.1) is 11.6 Å². The van der Waals surface area contributed by atoms with Crippen molar-refractivity contribution in [2.45, 2.75) is 6.92 Å². The summed E-state index contributed by atoms with van der Waals surface area (Å²) in [6.45, 7) is 2.61. The number of benzene rings is 1.